The highest BCUT2D eigenvalue weighted by molar-refractivity contribution is 6.32. The lowest BCUT2D eigenvalue weighted by Gasteiger charge is -2.04. The highest BCUT2D eigenvalue weighted by Crippen LogP contribution is 2.19. The largest absolute Gasteiger partial charge is 0.444 e. The summed E-state index contributed by atoms with van der Waals surface area (Å²) in [7, 11) is 0. The molecule has 0 unspecified atom stereocenters. The maximum atomic E-state index is 5.90. The zero-order valence-corrected chi connectivity index (χ0v) is 10.2. The van der Waals surface area contributed by atoms with Crippen LogP contribution in [0, 0.1) is 13.8 Å². The van der Waals surface area contributed by atoms with Gasteiger partial charge >= 0.3 is 0 Å². The van der Waals surface area contributed by atoms with Crippen LogP contribution in [0.4, 0.5) is 11.8 Å². The summed E-state index contributed by atoms with van der Waals surface area (Å²) in [6.07, 6.45) is 1.44. The van der Waals surface area contributed by atoms with E-state index >= 15 is 0 Å². The molecule has 2 heterocycles. The smallest absolute Gasteiger partial charge is 0.222 e. The first-order valence-electron chi connectivity index (χ1n) is 5.01. The van der Waals surface area contributed by atoms with Gasteiger partial charge < -0.3 is 15.5 Å². The van der Waals surface area contributed by atoms with E-state index < -0.39 is 0 Å². The number of hydrogen-bond acceptors (Lipinski definition) is 6. The van der Waals surface area contributed by atoms with Crippen molar-refractivity contribution in [1.29, 1.82) is 0 Å². The van der Waals surface area contributed by atoms with Gasteiger partial charge in [0.15, 0.2) is 5.82 Å². The number of hydrogen-bond donors (Lipinski definition) is 2. The van der Waals surface area contributed by atoms with Crippen LogP contribution in [0.15, 0.2) is 10.6 Å². The molecule has 6 nitrogen and oxygen atoms in total. The third kappa shape index (κ3) is 2.65. The summed E-state index contributed by atoms with van der Waals surface area (Å²) in [6.45, 7) is 4.14. The minimum absolute atomic E-state index is 0.164. The Morgan fingerprint density at radius 3 is 2.82 bits per heavy atom. The van der Waals surface area contributed by atoms with Crippen LogP contribution < -0.4 is 11.1 Å². The summed E-state index contributed by atoms with van der Waals surface area (Å²) in [6, 6.07) is 0. The van der Waals surface area contributed by atoms with Crippen molar-refractivity contribution in [1.82, 2.24) is 15.0 Å². The molecule has 0 atom stereocenters. The molecule has 17 heavy (non-hydrogen) atoms. The Balaban J connectivity index is 2.09. The summed E-state index contributed by atoms with van der Waals surface area (Å²) in [5, 5.41) is 3.39. The second-order valence-electron chi connectivity index (χ2n) is 3.53. The van der Waals surface area contributed by atoms with Crippen LogP contribution in [0.3, 0.4) is 0 Å². The average molecular weight is 254 g/mol. The third-order valence-corrected chi connectivity index (χ3v) is 2.52. The molecule has 0 fully saturated rings. The Labute approximate surface area is 103 Å². The normalized spacial score (nSPS) is 10.5. The quantitative estimate of drug-likeness (QED) is 0.869. The number of nitrogen functional groups attached to an aromatic ring is 1. The monoisotopic (exact) mass is 253 g/mol. The SMILES string of the molecule is Cc1nc(CNc2nc(N)ncc2Cl)oc1C. The van der Waals surface area contributed by atoms with Crippen molar-refractivity contribution in [3.8, 4) is 0 Å². The second kappa shape index (κ2) is 4.58. The summed E-state index contributed by atoms with van der Waals surface area (Å²) in [5.41, 5.74) is 6.34. The van der Waals surface area contributed by atoms with Gasteiger partial charge in [-0.05, 0) is 13.8 Å². The van der Waals surface area contributed by atoms with Crippen LogP contribution in [-0.2, 0) is 6.54 Å². The lowest BCUT2D eigenvalue weighted by Crippen LogP contribution is -2.05. The fraction of sp³-hybridized carbons (Fsp3) is 0.300. The Morgan fingerprint density at radius 2 is 2.18 bits per heavy atom. The molecule has 2 rings (SSSR count). The molecule has 3 N–H and O–H groups in total. The van der Waals surface area contributed by atoms with Crippen LogP contribution >= 0.6 is 11.6 Å². The van der Waals surface area contributed by atoms with E-state index in [0.29, 0.717) is 23.3 Å². The Hall–Kier alpha value is -1.82. The lowest BCUT2D eigenvalue weighted by molar-refractivity contribution is 0.478. The number of anilines is 2. The number of aromatic nitrogens is 3. The number of nitrogens with zero attached hydrogens (tertiary/aromatic N) is 3. The molecule has 0 amide bonds. The zero-order valence-electron chi connectivity index (χ0n) is 9.49. The fourth-order valence-electron chi connectivity index (χ4n) is 1.28. The third-order valence-electron chi connectivity index (χ3n) is 2.24. The first-order valence-corrected chi connectivity index (χ1v) is 5.39. The molecule has 0 aliphatic heterocycles. The molecule has 90 valence electrons. The van der Waals surface area contributed by atoms with Crippen molar-refractivity contribution in [3.63, 3.8) is 0 Å². The molecule has 0 saturated heterocycles. The van der Waals surface area contributed by atoms with E-state index in [-0.39, 0.29) is 5.95 Å². The molecule has 2 aromatic heterocycles. The van der Waals surface area contributed by atoms with Crippen LogP contribution in [0.25, 0.3) is 0 Å². The summed E-state index contributed by atoms with van der Waals surface area (Å²) >= 11 is 5.90. The van der Waals surface area contributed by atoms with E-state index in [1.807, 2.05) is 13.8 Å². The summed E-state index contributed by atoms with van der Waals surface area (Å²) in [4.78, 5) is 12.0. The average Bonchev–Trinajstić information content (AvgIpc) is 2.60. The minimum Gasteiger partial charge on any atom is -0.444 e. The maximum absolute atomic E-state index is 5.90. The van der Waals surface area contributed by atoms with Gasteiger partial charge in [0.05, 0.1) is 18.4 Å². The van der Waals surface area contributed by atoms with Gasteiger partial charge in [-0.15, -0.1) is 0 Å². The molecule has 0 spiro atoms. The van der Waals surface area contributed by atoms with Gasteiger partial charge in [0.2, 0.25) is 11.8 Å². The van der Waals surface area contributed by atoms with E-state index in [4.69, 9.17) is 21.8 Å². The van der Waals surface area contributed by atoms with Crippen LogP contribution in [0.5, 0.6) is 0 Å². The second-order valence-corrected chi connectivity index (χ2v) is 3.93. The van der Waals surface area contributed by atoms with Crippen LogP contribution in [0.2, 0.25) is 5.02 Å². The molecule has 0 aliphatic rings. The molecular weight excluding hydrogens is 242 g/mol. The van der Waals surface area contributed by atoms with Gasteiger partial charge in [0.1, 0.15) is 10.8 Å². The number of halogens is 1. The van der Waals surface area contributed by atoms with Gasteiger partial charge in [-0.25, -0.2) is 9.97 Å². The standard InChI is InChI=1S/C10H12ClN5O/c1-5-6(2)17-8(15-5)4-13-9-7(11)3-14-10(12)16-9/h3H,4H2,1-2H3,(H3,12,13,14,16). The highest BCUT2D eigenvalue weighted by Gasteiger charge is 2.07. The minimum atomic E-state index is 0.164. The lowest BCUT2D eigenvalue weighted by atomic mass is 10.4. The fourth-order valence-corrected chi connectivity index (χ4v) is 1.44. The Morgan fingerprint density at radius 1 is 1.41 bits per heavy atom. The van der Waals surface area contributed by atoms with Crippen molar-refractivity contribution in [2.45, 2.75) is 20.4 Å². The van der Waals surface area contributed by atoms with E-state index in [0.717, 1.165) is 11.5 Å². The molecule has 7 heteroatoms. The Bertz CT molecular complexity index is 520. The van der Waals surface area contributed by atoms with Gasteiger partial charge in [0, 0.05) is 0 Å². The zero-order chi connectivity index (χ0) is 12.4. The maximum Gasteiger partial charge on any atom is 0.222 e. The Kier molecular flexibility index (Phi) is 3.14. The molecule has 0 saturated carbocycles. The van der Waals surface area contributed by atoms with Gasteiger partial charge in [0.25, 0.3) is 0 Å². The summed E-state index contributed by atoms with van der Waals surface area (Å²) in [5.74, 6) is 2.01. The molecule has 0 aromatic carbocycles. The van der Waals surface area contributed by atoms with Crippen molar-refractivity contribution in [2.24, 2.45) is 0 Å². The van der Waals surface area contributed by atoms with Crippen molar-refractivity contribution in [3.05, 3.63) is 28.6 Å². The summed E-state index contributed by atoms with van der Waals surface area (Å²) < 4.78 is 5.41. The van der Waals surface area contributed by atoms with Crippen molar-refractivity contribution in [2.75, 3.05) is 11.1 Å². The molecule has 0 aliphatic carbocycles. The number of rotatable bonds is 3. The van der Waals surface area contributed by atoms with E-state index in [1.54, 1.807) is 0 Å². The highest BCUT2D eigenvalue weighted by atomic mass is 35.5. The van der Waals surface area contributed by atoms with Crippen LogP contribution in [-0.4, -0.2) is 15.0 Å². The van der Waals surface area contributed by atoms with E-state index in [1.165, 1.54) is 6.20 Å². The first kappa shape index (κ1) is 11.7. The topological polar surface area (TPSA) is 89.9 Å². The number of nitrogens with two attached hydrogens (primary N) is 1. The predicted molar refractivity (Wildman–Crippen MR) is 64.8 cm³/mol. The molecule has 0 bridgehead atoms. The van der Waals surface area contributed by atoms with Crippen molar-refractivity contribution < 1.29 is 4.42 Å². The van der Waals surface area contributed by atoms with Crippen molar-refractivity contribution >= 4 is 23.4 Å². The van der Waals surface area contributed by atoms with Gasteiger partial charge in [-0.3, -0.25) is 0 Å². The molecular formula is C10H12ClN5O. The number of nitrogens with one attached hydrogen (secondary N) is 1. The van der Waals surface area contributed by atoms with Gasteiger partial charge in [-0.2, -0.15) is 4.98 Å². The predicted octanol–water partition coefficient (Wildman–Crippen LogP) is 1.93. The number of aryl methyl sites for hydroxylation is 2. The van der Waals surface area contributed by atoms with E-state index in [9.17, 15) is 0 Å². The van der Waals surface area contributed by atoms with E-state index in [2.05, 4.69) is 20.3 Å². The van der Waals surface area contributed by atoms with Gasteiger partial charge in [-0.1, -0.05) is 11.6 Å². The molecule has 2 aromatic rings. The number of oxazole rings is 1. The van der Waals surface area contributed by atoms with Crippen LogP contribution in [0.1, 0.15) is 17.3 Å². The first-order chi connectivity index (χ1) is 8.06. The molecule has 0 radical (unpaired) electrons.